The summed E-state index contributed by atoms with van der Waals surface area (Å²) in [5.41, 5.74) is 1.96. The van der Waals surface area contributed by atoms with Crippen LogP contribution in [0.25, 0.3) is 0 Å². The molecule has 0 atom stereocenters. The van der Waals surface area contributed by atoms with E-state index in [4.69, 9.17) is 14.2 Å². The Morgan fingerprint density at radius 3 is 2.29 bits per heavy atom. The molecule has 3 rings (SSSR count). The number of anilines is 2. The van der Waals surface area contributed by atoms with Crippen LogP contribution in [0.5, 0.6) is 17.2 Å². The Kier molecular flexibility index (Phi) is 8.59. The van der Waals surface area contributed by atoms with Crippen LogP contribution in [-0.4, -0.2) is 35.2 Å². The van der Waals surface area contributed by atoms with Crippen molar-refractivity contribution >= 4 is 27.3 Å². The van der Waals surface area contributed by atoms with Gasteiger partial charge in [-0.15, -0.1) is 0 Å². The second-order valence-corrected chi connectivity index (χ2v) is 9.51. The number of ether oxygens (including phenoxy) is 3. The number of rotatable bonds is 11. The molecule has 0 spiro atoms. The van der Waals surface area contributed by atoms with Gasteiger partial charge in [-0.25, -0.2) is 8.42 Å². The van der Waals surface area contributed by atoms with Gasteiger partial charge in [0.2, 0.25) is 0 Å². The number of hydrogen-bond acceptors (Lipinski definition) is 6. The maximum atomic E-state index is 13.1. The Labute approximate surface area is 206 Å². The number of aryl methyl sites for hydroxylation is 1. The zero-order valence-electron chi connectivity index (χ0n) is 20.3. The third-order valence-electron chi connectivity index (χ3n) is 5.21. The van der Waals surface area contributed by atoms with E-state index in [2.05, 4.69) is 17.0 Å². The van der Waals surface area contributed by atoms with E-state index in [0.29, 0.717) is 29.5 Å². The van der Waals surface area contributed by atoms with E-state index in [1.807, 2.05) is 6.92 Å². The molecule has 0 unspecified atom stereocenters. The van der Waals surface area contributed by atoms with Crippen molar-refractivity contribution in [1.29, 1.82) is 0 Å². The summed E-state index contributed by atoms with van der Waals surface area (Å²) in [5, 5.41) is 2.80. The average molecular weight is 499 g/mol. The summed E-state index contributed by atoms with van der Waals surface area (Å²) >= 11 is 0. The van der Waals surface area contributed by atoms with Gasteiger partial charge in [0.15, 0.2) is 0 Å². The summed E-state index contributed by atoms with van der Waals surface area (Å²) in [6.45, 7) is 4.47. The highest BCUT2D eigenvalue weighted by Crippen LogP contribution is 2.31. The number of carbonyl (C=O) groups is 1. The Morgan fingerprint density at radius 1 is 0.914 bits per heavy atom. The molecule has 0 fully saturated rings. The number of unbranched alkanes of at least 4 members (excludes halogenated alkanes) is 1. The zero-order valence-corrected chi connectivity index (χ0v) is 21.1. The molecule has 0 aliphatic heterocycles. The van der Waals surface area contributed by atoms with Crippen molar-refractivity contribution in [2.24, 2.45) is 0 Å². The SMILES string of the molecule is CCCCOc1ccc(OC)cc1NC(=O)c1ccc(OC)c(S(=O)(=O)Nc2ccc(C)cc2)c1. The standard InChI is InChI=1S/C26H30N2O6S/c1-5-6-15-34-23-14-12-21(32-3)17-22(23)27-26(29)19-9-13-24(33-4)25(16-19)35(30,31)28-20-10-7-18(2)8-11-20/h7-14,16-17,28H,5-6,15H2,1-4H3,(H,27,29). The Bertz CT molecular complexity index is 1270. The molecule has 3 aromatic rings. The van der Waals surface area contributed by atoms with E-state index < -0.39 is 15.9 Å². The van der Waals surface area contributed by atoms with Gasteiger partial charge in [-0.05, 0) is 55.8 Å². The number of hydrogen-bond donors (Lipinski definition) is 2. The van der Waals surface area contributed by atoms with Crippen molar-refractivity contribution in [3.63, 3.8) is 0 Å². The van der Waals surface area contributed by atoms with Gasteiger partial charge in [-0.3, -0.25) is 9.52 Å². The third kappa shape index (κ3) is 6.66. The highest BCUT2D eigenvalue weighted by Gasteiger charge is 2.22. The third-order valence-corrected chi connectivity index (χ3v) is 6.61. The van der Waals surface area contributed by atoms with Gasteiger partial charge in [0.1, 0.15) is 22.1 Å². The van der Waals surface area contributed by atoms with Crippen LogP contribution < -0.4 is 24.2 Å². The molecule has 0 aromatic heterocycles. The molecule has 1 amide bonds. The predicted molar refractivity (Wildman–Crippen MR) is 136 cm³/mol. The lowest BCUT2D eigenvalue weighted by atomic mass is 10.2. The van der Waals surface area contributed by atoms with Gasteiger partial charge < -0.3 is 19.5 Å². The number of methoxy groups -OCH3 is 2. The van der Waals surface area contributed by atoms with Gasteiger partial charge in [0.05, 0.1) is 26.5 Å². The van der Waals surface area contributed by atoms with Gasteiger partial charge in [0, 0.05) is 17.3 Å². The molecule has 0 aliphatic carbocycles. The van der Waals surface area contributed by atoms with Crippen LogP contribution in [0.1, 0.15) is 35.7 Å². The largest absolute Gasteiger partial charge is 0.497 e. The minimum Gasteiger partial charge on any atom is -0.497 e. The van der Waals surface area contributed by atoms with Crippen LogP contribution >= 0.6 is 0 Å². The van der Waals surface area contributed by atoms with Crippen LogP contribution in [0, 0.1) is 6.92 Å². The second kappa shape index (κ2) is 11.6. The number of benzene rings is 3. The average Bonchev–Trinajstić information content (AvgIpc) is 2.85. The molecule has 8 nitrogen and oxygen atoms in total. The number of nitrogens with one attached hydrogen (secondary N) is 2. The normalized spacial score (nSPS) is 11.0. The number of sulfonamides is 1. The van der Waals surface area contributed by atoms with Gasteiger partial charge in [-0.2, -0.15) is 0 Å². The molecule has 0 saturated heterocycles. The highest BCUT2D eigenvalue weighted by atomic mass is 32.2. The lowest BCUT2D eigenvalue weighted by Gasteiger charge is -2.15. The van der Waals surface area contributed by atoms with Gasteiger partial charge in [0.25, 0.3) is 15.9 Å². The summed E-state index contributed by atoms with van der Waals surface area (Å²) in [7, 11) is -1.13. The molecule has 0 aliphatic rings. The summed E-state index contributed by atoms with van der Waals surface area (Å²) in [5.74, 6) is 0.651. The fraction of sp³-hybridized carbons (Fsp3) is 0.269. The van der Waals surface area contributed by atoms with Crippen LogP contribution in [0.2, 0.25) is 0 Å². The smallest absolute Gasteiger partial charge is 0.265 e. The molecule has 186 valence electrons. The summed E-state index contributed by atoms with van der Waals surface area (Å²) in [6, 6.07) is 16.3. The molecule has 2 N–H and O–H groups in total. The molecule has 3 aromatic carbocycles. The van der Waals surface area contributed by atoms with Crippen molar-refractivity contribution in [3.8, 4) is 17.2 Å². The van der Waals surface area contributed by atoms with E-state index in [1.165, 1.54) is 32.4 Å². The maximum absolute atomic E-state index is 13.1. The predicted octanol–water partition coefficient (Wildman–Crippen LogP) is 5.24. The van der Waals surface area contributed by atoms with Crippen molar-refractivity contribution in [2.75, 3.05) is 30.9 Å². The van der Waals surface area contributed by atoms with Gasteiger partial charge >= 0.3 is 0 Å². The fourth-order valence-electron chi connectivity index (χ4n) is 3.24. The van der Waals surface area contributed by atoms with E-state index >= 15 is 0 Å². The van der Waals surface area contributed by atoms with Crippen molar-refractivity contribution in [1.82, 2.24) is 0 Å². The molecule has 0 heterocycles. The number of amides is 1. The molecular formula is C26H30N2O6S. The summed E-state index contributed by atoms with van der Waals surface area (Å²) < 4.78 is 45.1. The Morgan fingerprint density at radius 2 is 1.63 bits per heavy atom. The van der Waals surface area contributed by atoms with Crippen LogP contribution in [0.3, 0.4) is 0 Å². The van der Waals surface area contributed by atoms with E-state index in [9.17, 15) is 13.2 Å². The van der Waals surface area contributed by atoms with Crippen molar-refractivity contribution in [3.05, 3.63) is 71.8 Å². The Balaban J connectivity index is 1.90. The van der Waals surface area contributed by atoms with E-state index in [-0.39, 0.29) is 16.2 Å². The monoisotopic (exact) mass is 498 g/mol. The topological polar surface area (TPSA) is 103 Å². The van der Waals surface area contributed by atoms with Gasteiger partial charge in [-0.1, -0.05) is 31.0 Å². The van der Waals surface area contributed by atoms with E-state index in [0.717, 1.165) is 18.4 Å². The second-order valence-electron chi connectivity index (χ2n) is 7.86. The van der Waals surface area contributed by atoms with Crippen molar-refractivity contribution < 1.29 is 27.4 Å². The summed E-state index contributed by atoms with van der Waals surface area (Å²) in [6.07, 6.45) is 1.84. The molecule has 9 heteroatoms. The van der Waals surface area contributed by atoms with Crippen molar-refractivity contribution in [2.45, 2.75) is 31.6 Å². The molecular weight excluding hydrogens is 468 g/mol. The maximum Gasteiger partial charge on any atom is 0.265 e. The van der Waals surface area contributed by atoms with Crippen LogP contribution in [-0.2, 0) is 10.0 Å². The zero-order chi connectivity index (χ0) is 25.4. The molecule has 0 radical (unpaired) electrons. The Hall–Kier alpha value is -3.72. The quantitative estimate of drug-likeness (QED) is 0.350. The molecule has 0 saturated carbocycles. The fourth-order valence-corrected chi connectivity index (χ4v) is 4.49. The lowest BCUT2D eigenvalue weighted by molar-refractivity contribution is 0.102. The highest BCUT2D eigenvalue weighted by molar-refractivity contribution is 7.92. The summed E-state index contributed by atoms with van der Waals surface area (Å²) in [4.78, 5) is 13.0. The van der Waals surface area contributed by atoms with Crippen LogP contribution in [0.4, 0.5) is 11.4 Å². The first-order valence-corrected chi connectivity index (χ1v) is 12.7. The first kappa shape index (κ1) is 25.9. The molecule has 35 heavy (non-hydrogen) atoms. The lowest BCUT2D eigenvalue weighted by Crippen LogP contribution is -2.17. The minimum absolute atomic E-state index is 0.117. The number of carbonyl (C=O) groups excluding carboxylic acids is 1. The molecule has 0 bridgehead atoms. The van der Waals surface area contributed by atoms with E-state index in [1.54, 1.807) is 42.5 Å². The minimum atomic E-state index is -4.03. The first-order valence-electron chi connectivity index (χ1n) is 11.2. The first-order chi connectivity index (χ1) is 16.8. The van der Waals surface area contributed by atoms with Crippen LogP contribution in [0.15, 0.2) is 65.6 Å².